The van der Waals surface area contributed by atoms with E-state index in [1.807, 2.05) is 0 Å². The molecule has 0 aromatic heterocycles. The Morgan fingerprint density at radius 2 is 1.07 bits per heavy atom. The molecule has 4 nitrogen and oxygen atoms in total. The molecule has 2 atom stereocenters. The van der Waals surface area contributed by atoms with Gasteiger partial charge in [-0.3, -0.25) is 9.59 Å². The number of carboxylic acid groups (broad SMARTS) is 1. The molecule has 0 aromatic carbocycles. The van der Waals surface area contributed by atoms with E-state index in [1.54, 1.807) is 13.8 Å². The summed E-state index contributed by atoms with van der Waals surface area (Å²) in [5.41, 5.74) is 0. The second-order valence-electron chi connectivity index (χ2n) is 8.23. The SMILES string of the molecule is CCCCCCCCCCCCCCCCCCOC(=O)C(C)SC(C)C(=O)O.[SrH2]. The van der Waals surface area contributed by atoms with Gasteiger partial charge in [0.1, 0.15) is 10.5 Å². The van der Waals surface area contributed by atoms with E-state index in [-0.39, 0.29) is 51.5 Å². The van der Waals surface area contributed by atoms with Crippen molar-refractivity contribution in [2.45, 2.75) is 134 Å². The number of unbranched alkanes of at least 4 members (excludes halogenated alkanes) is 15. The summed E-state index contributed by atoms with van der Waals surface area (Å²) in [7, 11) is 0. The van der Waals surface area contributed by atoms with E-state index < -0.39 is 16.5 Å². The van der Waals surface area contributed by atoms with Gasteiger partial charge in [0.15, 0.2) is 0 Å². The third-order valence-electron chi connectivity index (χ3n) is 5.33. The van der Waals surface area contributed by atoms with Gasteiger partial charge in [0, 0.05) is 0 Å². The minimum atomic E-state index is -0.896. The summed E-state index contributed by atoms with van der Waals surface area (Å²) >= 11 is 1.13. The molecule has 0 aliphatic carbocycles. The Bertz CT molecular complexity index is 407. The van der Waals surface area contributed by atoms with Crippen LogP contribution in [0.5, 0.6) is 0 Å². The van der Waals surface area contributed by atoms with Crippen LogP contribution < -0.4 is 0 Å². The number of carbonyl (C=O) groups excluding carboxylic acids is 1. The van der Waals surface area contributed by atoms with E-state index in [2.05, 4.69) is 6.92 Å². The summed E-state index contributed by atoms with van der Waals surface area (Å²) in [6.07, 6.45) is 21.1. The predicted molar refractivity (Wildman–Crippen MR) is 133 cm³/mol. The van der Waals surface area contributed by atoms with Crippen molar-refractivity contribution < 1.29 is 19.4 Å². The van der Waals surface area contributed by atoms with Crippen LogP contribution in [0.25, 0.3) is 0 Å². The Kier molecular flexibility index (Phi) is 26.8. The van der Waals surface area contributed by atoms with Gasteiger partial charge in [-0.05, 0) is 20.3 Å². The van der Waals surface area contributed by atoms with Crippen LogP contribution in [0.1, 0.15) is 124 Å². The summed E-state index contributed by atoms with van der Waals surface area (Å²) in [4.78, 5) is 22.6. The number of ether oxygens (including phenoxy) is 1. The number of esters is 1. The molecule has 0 bridgehead atoms. The third kappa shape index (κ3) is 22.0. The summed E-state index contributed by atoms with van der Waals surface area (Å²) in [6, 6.07) is 0. The maximum absolute atomic E-state index is 11.8. The zero-order valence-electron chi connectivity index (χ0n) is 19.3. The fourth-order valence-electron chi connectivity index (χ4n) is 3.36. The number of rotatable bonds is 21. The van der Waals surface area contributed by atoms with Crippen molar-refractivity contribution in [3.8, 4) is 0 Å². The third-order valence-corrected chi connectivity index (χ3v) is 6.54. The van der Waals surface area contributed by atoms with Gasteiger partial charge in [0.25, 0.3) is 0 Å². The Morgan fingerprint density at radius 3 is 1.43 bits per heavy atom. The Hall–Kier alpha value is 0.771. The molecule has 0 aliphatic heterocycles. The van der Waals surface area contributed by atoms with Gasteiger partial charge in [-0.25, -0.2) is 0 Å². The number of hydrogen-bond donors (Lipinski definition) is 1. The second-order valence-corrected chi connectivity index (χ2v) is 9.92. The molecule has 2 unspecified atom stereocenters. The molecule has 1 N–H and O–H groups in total. The zero-order valence-corrected chi connectivity index (χ0v) is 20.1. The molecule has 0 amide bonds. The summed E-state index contributed by atoms with van der Waals surface area (Å²) < 4.78 is 5.25. The van der Waals surface area contributed by atoms with Crippen LogP contribution in [0.2, 0.25) is 0 Å². The van der Waals surface area contributed by atoms with Gasteiger partial charge >= 0.3 is 57.4 Å². The normalized spacial score (nSPS) is 12.8. The van der Waals surface area contributed by atoms with Crippen molar-refractivity contribution in [1.29, 1.82) is 0 Å². The van der Waals surface area contributed by atoms with Crippen LogP contribution in [0.15, 0.2) is 0 Å². The van der Waals surface area contributed by atoms with E-state index >= 15 is 0 Å². The van der Waals surface area contributed by atoms with Crippen molar-refractivity contribution >= 4 is 69.2 Å². The van der Waals surface area contributed by atoms with Gasteiger partial charge in [-0.1, -0.05) is 103 Å². The maximum atomic E-state index is 11.8. The molecule has 0 rings (SSSR count). The van der Waals surface area contributed by atoms with Crippen molar-refractivity contribution in [2.24, 2.45) is 0 Å². The number of hydrogen-bond acceptors (Lipinski definition) is 4. The van der Waals surface area contributed by atoms with Gasteiger partial charge in [-0.15, -0.1) is 11.8 Å². The average Bonchev–Trinajstić information content (AvgIpc) is 2.69. The van der Waals surface area contributed by atoms with E-state index in [0.717, 1.165) is 24.6 Å². The van der Waals surface area contributed by atoms with Crippen molar-refractivity contribution in [1.82, 2.24) is 0 Å². The fourth-order valence-corrected chi connectivity index (χ4v) is 4.27. The monoisotopic (exact) mass is 520 g/mol. The van der Waals surface area contributed by atoms with Crippen molar-refractivity contribution in [3.63, 3.8) is 0 Å². The molecule has 176 valence electrons. The standard InChI is InChI=1S/C24H46O4S.Sr.2H/c1-4-5-6-7-8-9-10-11-12-13-14-15-16-17-18-19-20-28-24(27)22(3)29-21(2)23(25)26;;;/h21-22H,4-20H2,1-3H3,(H,25,26);;;. The van der Waals surface area contributed by atoms with Crippen LogP contribution in [0.3, 0.4) is 0 Å². The molecule has 30 heavy (non-hydrogen) atoms. The Balaban J connectivity index is 0. The number of thioether (sulfide) groups is 1. The predicted octanol–water partition coefficient (Wildman–Crippen LogP) is 6.47. The number of aliphatic carboxylic acids is 1. The molecular formula is C24H48O4SSr. The van der Waals surface area contributed by atoms with Crippen molar-refractivity contribution in [3.05, 3.63) is 0 Å². The van der Waals surface area contributed by atoms with E-state index in [0.29, 0.717) is 6.61 Å². The molecule has 0 fully saturated rings. The van der Waals surface area contributed by atoms with Crippen LogP contribution in [-0.4, -0.2) is 79.6 Å². The number of carboxylic acids is 1. The second kappa shape index (κ2) is 24.4. The fraction of sp³-hybridized carbons (Fsp3) is 0.917. The topological polar surface area (TPSA) is 63.6 Å². The van der Waals surface area contributed by atoms with Gasteiger partial charge in [-0.2, -0.15) is 0 Å². The first kappa shape index (κ1) is 32.9. The molecule has 0 aliphatic rings. The van der Waals surface area contributed by atoms with E-state index in [9.17, 15) is 9.59 Å². The minimum absolute atomic E-state index is 0. The molecule has 0 heterocycles. The first-order valence-electron chi connectivity index (χ1n) is 12.0. The average molecular weight is 520 g/mol. The molecule has 0 saturated carbocycles. The Labute approximate surface area is 227 Å². The molecule has 0 spiro atoms. The molecule has 0 aromatic rings. The van der Waals surface area contributed by atoms with Crippen LogP contribution in [-0.2, 0) is 14.3 Å². The number of carbonyl (C=O) groups is 2. The molecule has 0 radical (unpaired) electrons. The van der Waals surface area contributed by atoms with E-state index in [4.69, 9.17) is 9.84 Å². The summed E-state index contributed by atoms with van der Waals surface area (Å²) in [6.45, 7) is 6.02. The molecular weight excluding hydrogens is 472 g/mol. The zero-order chi connectivity index (χ0) is 21.7. The van der Waals surface area contributed by atoms with Crippen LogP contribution in [0, 0.1) is 0 Å². The van der Waals surface area contributed by atoms with Crippen LogP contribution in [0.4, 0.5) is 0 Å². The summed E-state index contributed by atoms with van der Waals surface area (Å²) in [5.74, 6) is -1.20. The van der Waals surface area contributed by atoms with Gasteiger partial charge in [0.05, 0.1) is 6.61 Å². The summed E-state index contributed by atoms with van der Waals surface area (Å²) in [5, 5.41) is 7.85. The Morgan fingerprint density at radius 1 is 0.700 bits per heavy atom. The van der Waals surface area contributed by atoms with Crippen LogP contribution >= 0.6 is 11.8 Å². The van der Waals surface area contributed by atoms with Crippen molar-refractivity contribution in [2.75, 3.05) is 6.61 Å². The van der Waals surface area contributed by atoms with Gasteiger partial charge < -0.3 is 9.84 Å². The first-order valence-corrected chi connectivity index (χ1v) is 13.0. The van der Waals surface area contributed by atoms with Gasteiger partial charge in [0.2, 0.25) is 0 Å². The van der Waals surface area contributed by atoms with E-state index in [1.165, 1.54) is 89.9 Å². The first-order chi connectivity index (χ1) is 14.0. The molecule has 0 saturated heterocycles. The quantitative estimate of drug-likeness (QED) is 0.107. The molecule has 6 heteroatoms.